The summed E-state index contributed by atoms with van der Waals surface area (Å²) in [4.78, 5) is 24.4. The van der Waals surface area contributed by atoms with Gasteiger partial charge in [-0.3, -0.25) is 9.59 Å². The Morgan fingerprint density at radius 2 is 1.59 bits per heavy atom. The number of amides is 2. The van der Waals surface area contributed by atoms with Gasteiger partial charge in [0.25, 0.3) is 11.8 Å². The first kappa shape index (κ1) is 18.9. The van der Waals surface area contributed by atoms with E-state index in [-0.39, 0.29) is 18.4 Å². The second-order valence-corrected chi connectivity index (χ2v) is 6.70. The van der Waals surface area contributed by atoms with E-state index in [1.54, 1.807) is 60.7 Å². The van der Waals surface area contributed by atoms with Crippen LogP contribution in [0.25, 0.3) is 0 Å². The van der Waals surface area contributed by atoms with Gasteiger partial charge in [0.15, 0.2) is 0 Å². The first-order valence-electron chi connectivity index (χ1n) is 8.19. The van der Waals surface area contributed by atoms with Crippen molar-refractivity contribution in [3.05, 3.63) is 88.3 Å². The summed E-state index contributed by atoms with van der Waals surface area (Å²) in [6.07, 6.45) is 0.551. The highest BCUT2D eigenvalue weighted by molar-refractivity contribution is 9.10. The number of rotatable bonds is 6. The van der Waals surface area contributed by atoms with Crippen molar-refractivity contribution in [3.63, 3.8) is 0 Å². The summed E-state index contributed by atoms with van der Waals surface area (Å²) in [5.41, 5.74) is 1.53. The predicted octanol–water partition coefficient (Wildman–Crippen LogP) is 3.76. The zero-order valence-corrected chi connectivity index (χ0v) is 15.8. The fourth-order valence-electron chi connectivity index (χ4n) is 2.38. The van der Waals surface area contributed by atoms with E-state index in [0.29, 0.717) is 22.6 Å². The average Bonchev–Trinajstić information content (AvgIpc) is 3.22. The number of carbonyl (C=O) groups excluding carboxylic acids is 2. The van der Waals surface area contributed by atoms with Crippen LogP contribution in [0.3, 0.4) is 0 Å². The van der Waals surface area contributed by atoms with Gasteiger partial charge in [0.1, 0.15) is 11.9 Å². The first-order chi connectivity index (χ1) is 13.0. The molecule has 2 aromatic carbocycles. The quantitative estimate of drug-likeness (QED) is 0.557. The second kappa shape index (κ2) is 8.66. The van der Waals surface area contributed by atoms with Crippen LogP contribution in [-0.2, 0) is 0 Å². The summed E-state index contributed by atoms with van der Waals surface area (Å²) in [7, 11) is 0. The van der Waals surface area contributed by atoms with E-state index < -0.39 is 6.10 Å². The maximum absolute atomic E-state index is 12.2. The molecule has 0 aliphatic heterocycles. The van der Waals surface area contributed by atoms with Gasteiger partial charge in [0, 0.05) is 21.3 Å². The summed E-state index contributed by atoms with van der Waals surface area (Å²) < 4.78 is 5.98. The van der Waals surface area contributed by atoms with E-state index in [0.717, 1.165) is 4.47 Å². The van der Waals surface area contributed by atoms with Crippen molar-refractivity contribution in [2.75, 3.05) is 11.9 Å². The Kier molecular flexibility index (Phi) is 6.05. The zero-order chi connectivity index (χ0) is 19.2. The third-order valence-corrected chi connectivity index (χ3v) is 4.37. The minimum atomic E-state index is -0.909. The van der Waals surface area contributed by atoms with Crippen molar-refractivity contribution in [3.8, 4) is 0 Å². The maximum atomic E-state index is 12.2. The van der Waals surface area contributed by atoms with Crippen LogP contribution in [-0.4, -0.2) is 23.5 Å². The highest BCUT2D eigenvalue weighted by Crippen LogP contribution is 2.15. The molecule has 0 radical (unpaired) electrons. The molecule has 7 heteroatoms. The lowest BCUT2D eigenvalue weighted by Crippen LogP contribution is -2.28. The summed E-state index contributed by atoms with van der Waals surface area (Å²) in [5, 5.41) is 15.3. The molecule has 0 spiro atoms. The second-order valence-electron chi connectivity index (χ2n) is 5.78. The number of hydrogen-bond acceptors (Lipinski definition) is 4. The van der Waals surface area contributed by atoms with Crippen molar-refractivity contribution in [2.24, 2.45) is 0 Å². The number of furan rings is 1. The van der Waals surface area contributed by atoms with Crippen LogP contribution in [0, 0.1) is 0 Å². The SMILES string of the molecule is O=C(NCC(O)c1ccco1)c1ccc(NC(=O)c2ccc(Br)cc2)cc1. The molecule has 0 aliphatic rings. The van der Waals surface area contributed by atoms with Gasteiger partial charge in [-0.15, -0.1) is 0 Å². The van der Waals surface area contributed by atoms with Gasteiger partial charge in [0.05, 0.1) is 12.8 Å². The van der Waals surface area contributed by atoms with Crippen molar-refractivity contribution in [2.45, 2.75) is 6.10 Å². The Bertz CT molecular complexity index is 906. The monoisotopic (exact) mass is 428 g/mol. The van der Waals surface area contributed by atoms with Crippen LogP contribution < -0.4 is 10.6 Å². The summed E-state index contributed by atoms with van der Waals surface area (Å²) in [6, 6.07) is 16.8. The molecule has 0 bridgehead atoms. The van der Waals surface area contributed by atoms with E-state index in [1.165, 1.54) is 6.26 Å². The fourth-order valence-corrected chi connectivity index (χ4v) is 2.65. The van der Waals surface area contributed by atoms with Gasteiger partial charge in [-0.1, -0.05) is 15.9 Å². The van der Waals surface area contributed by atoms with Crippen LogP contribution in [0.15, 0.2) is 75.8 Å². The Hall–Kier alpha value is -2.90. The number of halogens is 1. The van der Waals surface area contributed by atoms with Crippen LogP contribution in [0.1, 0.15) is 32.6 Å². The summed E-state index contributed by atoms with van der Waals surface area (Å²) in [6.45, 7) is 0.0361. The molecular formula is C20H17BrN2O4. The Morgan fingerprint density at radius 3 is 2.22 bits per heavy atom. The lowest BCUT2D eigenvalue weighted by atomic mass is 10.1. The molecule has 0 saturated carbocycles. The molecule has 0 saturated heterocycles. The molecule has 3 aromatic rings. The van der Waals surface area contributed by atoms with Crippen LogP contribution in [0.2, 0.25) is 0 Å². The number of anilines is 1. The number of carbonyl (C=O) groups is 2. The molecule has 1 heterocycles. The van der Waals surface area contributed by atoms with Gasteiger partial charge in [0.2, 0.25) is 0 Å². The Morgan fingerprint density at radius 1 is 0.963 bits per heavy atom. The maximum Gasteiger partial charge on any atom is 0.255 e. The molecule has 27 heavy (non-hydrogen) atoms. The summed E-state index contributed by atoms with van der Waals surface area (Å²) >= 11 is 3.33. The van der Waals surface area contributed by atoms with Crippen LogP contribution in [0.4, 0.5) is 5.69 Å². The molecule has 0 aliphatic carbocycles. The highest BCUT2D eigenvalue weighted by Gasteiger charge is 2.13. The van der Waals surface area contributed by atoms with Gasteiger partial charge in [-0.2, -0.15) is 0 Å². The topological polar surface area (TPSA) is 91.6 Å². The standard InChI is InChI=1S/C20H17BrN2O4/c21-15-7-3-14(4-8-15)20(26)23-16-9-5-13(6-10-16)19(25)22-12-17(24)18-2-1-11-27-18/h1-11,17,24H,12H2,(H,22,25)(H,23,26). The minimum absolute atomic E-state index is 0.0361. The molecule has 1 aromatic heterocycles. The van der Waals surface area contributed by atoms with E-state index in [2.05, 4.69) is 26.6 Å². The lowest BCUT2D eigenvalue weighted by molar-refractivity contribution is 0.0901. The van der Waals surface area contributed by atoms with E-state index in [1.807, 2.05) is 0 Å². The molecule has 3 rings (SSSR count). The molecule has 0 fully saturated rings. The van der Waals surface area contributed by atoms with Crippen LogP contribution >= 0.6 is 15.9 Å². The van der Waals surface area contributed by atoms with Gasteiger partial charge < -0.3 is 20.2 Å². The normalized spacial score (nSPS) is 11.6. The highest BCUT2D eigenvalue weighted by atomic mass is 79.9. The molecule has 2 amide bonds. The van der Waals surface area contributed by atoms with E-state index >= 15 is 0 Å². The van der Waals surface area contributed by atoms with Crippen molar-refractivity contribution >= 4 is 33.4 Å². The van der Waals surface area contributed by atoms with E-state index in [4.69, 9.17) is 4.42 Å². The van der Waals surface area contributed by atoms with Crippen molar-refractivity contribution in [1.29, 1.82) is 0 Å². The van der Waals surface area contributed by atoms with Crippen molar-refractivity contribution in [1.82, 2.24) is 5.32 Å². The molecule has 1 atom stereocenters. The number of nitrogens with one attached hydrogen (secondary N) is 2. The third kappa shape index (κ3) is 5.06. The lowest BCUT2D eigenvalue weighted by Gasteiger charge is -2.10. The number of hydrogen-bond donors (Lipinski definition) is 3. The zero-order valence-electron chi connectivity index (χ0n) is 14.2. The minimum Gasteiger partial charge on any atom is -0.467 e. The largest absolute Gasteiger partial charge is 0.467 e. The Balaban J connectivity index is 1.55. The fraction of sp³-hybridized carbons (Fsp3) is 0.100. The van der Waals surface area contributed by atoms with Gasteiger partial charge in [-0.25, -0.2) is 0 Å². The number of benzene rings is 2. The number of aliphatic hydroxyl groups excluding tert-OH is 1. The van der Waals surface area contributed by atoms with E-state index in [9.17, 15) is 14.7 Å². The van der Waals surface area contributed by atoms with Crippen LogP contribution in [0.5, 0.6) is 0 Å². The molecule has 3 N–H and O–H groups in total. The molecule has 1 unspecified atom stereocenters. The molecular weight excluding hydrogens is 412 g/mol. The predicted molar refractivity (Wildman–Crippen MR) is 105 cm³/mol. The van der Waals surface area contributed by atoms with Gasteiger partial charge >= 0.3 is 0 Å². The third-order valence-electron chi connectivity index (χ3n) is 3.84. The van der Waals surface area contributed by atoms with Crippen molar-refractivity contribution < 1.29 is 19.1 Å². The molecule has 6 nitrogen and oxygen atoms in total. The first-order valence-corrected chi connectivity index (χ1v) is 8.99. The smallest absolute Gasteiger partial charge is 0.255 e. The Labute approximate surface area is 164 Å². The van der Waals surface area contributed by atoms with Gasteiger partial charge in [-0.05, 0) is 60.7 Å². The number of aliphatic hydroxyl groups is 1. The summed E-state index contributed by atoms with van der Waals surface area (Å²) in [5.74, 6) is -0.172. The average molecular weight is 429 g/mol. The molecule has 138 valence electrons.